The van der Waals surface area contributed by atoms with Gasteiger partial charge in [0.25, 0.3) is 0 Å². The highest BCUT2D eigenvalue weighted by atomic mass is 35.5. The van der Waals surface area contributed by atoms with Crippen LogP contribution >= 0.6 is 11.6 Å². The lowest BCUT2D eigenvalue weighted by Gasteiger charge is -2.23. The Morgan fingerprint density at radius 2 is 2.16 bits per heavy atom. The molecule has 1 fully saturated rings. The van der Waals surface area contributed by atoms with Crippen molar-refractivity contribution in [2.45, 2.75) is 31.7 Å². The lowest BCUT2D eigenvalue weighted by Crippen LogP contribution is -2.39. The zero-order valence-corrected chi connectivity index (χ0v) is 16.5. The molecule has 14 heteroatoms. The number of nitrogens with zero attached hydrogens (tertiary/aromatic N) is 3. The Balaban J connectivity index is 1.81. The number of hydrogen-bond donors (Lipinski definition) is 2. The van der Waals surface area contributed by atoms with Crippen molar-refractivity contribution in [1.82, 2.24) is 15.6 Å². The van der Waals surface area contributed by atoms with E-state index in [0.29, 0.717) is 13.2 Å². The van der Waals surface area contributed by atoms with Gasteiger partial charge in [-0.15, -0.1) is 0 Å². The number of hydrogen-bond acceptors (Lipinski definition) is 8. The fraction of sp³-hybridized carbons (Fsp3) is 0.412. The monoisotopic (exact) mass is 465 g/mol. The smallest absolute Gasteiger partial charge is 0.377 e. The Morgan fingerprint density at radius 1 is 1.39 bits per heavy atom. The molecular formula is C17H16ClF4N5O4. The third kappa shape index (κ3) is 5.68. The molecule has 9 nitrogen and oxygen atoms in total. The quantitative estimate of drug-likeness (QED) is 0.290. The summed E-state index contributed by atoms with van der Waals surface area (Å²) in [5.74, 6) is -4.27. The lowest BCUT2D eigenvalue weighted by atomic mass is 10.2. The van der Waals surface area contributed by atoms with E-state index < -0.39 is 28.8 Å². The highest BCUT2D eigenvalue weighted by Crippen LogP contribution is 2.27. The summed E-state index contributed by atoms with van der Waals surface area (Å²) in [6, 6.07) is 2.70. The van der Waals surface area contributed by atoms with Gasteiger partial charge in [0, 0.05) is 19.7 Å². The maximum atomic E-state index is 13.5. The Hall–Kier alpha value is -2.77. The van der Waals surface area contributed by atoms with Crippen molar-refractivity contribution >= 4 is 29.1 Å². The number of amidine groups is 1. The normalized spacial score (nSPS) is 16.4. The van der Waals surface area contributed by atoms with Gasteiger partial charge in [0.05, 0.1) is 16.8 Å². The number of alkyl halides is 3. The third-order valence-electron chi connectivity index (χ3n) is 4.22. The molecule has 0 radical (unpaired) electrons. The lowest BCUT2D eigenvalue weighted by molar-refractivity contribution is -0.199. The molecule has 1 unspecified atom stereocenters. The molecule has 2 aromatic rings. The molecule has 0 aliphatic carbocycles. The van der Waals surface area contributed by atoms with Crippen LogP contribution < -0.4 is 10.4 Å². The van der Waals surface area contributed by atoms with Crippen molar-refractivity contribution in [2.75, 3.05) is 18.2 Å². The highest BCUT2D eigenvalue weighted by Gasteiger charge is 2.44. The fourth-order valence-electron chi connectivity index (χ4n) is 2.73. The first kappa shape index (κ1) is 22.9. The second-order valence-corrected chi connectivity index (χ2v) is 6.85. The average Bonchev–Trinajstić information content (AvgIpc) is 3.39. The average molecular weight is 466 g/mol. The van der Waals surface area contributed by atoms with E-state index in [1.807, 2.05) is 0 Å². The summed E-state index contributed by atoms with van der Waals surface area (Å²) >= 11 is 5.67. The third-order valence-corrected chi connectivity index (χ3v) is 4.51. The summed E-state index contributed by atoms with van der Waals surface area (Å²) < 4.78 is 61.8. The summed E-state index contributed by atoms with van der Waals surface area (Å²) in [6.07, 6.45) is -3.53. The van der Waals surface area contributed by atoms with Gasteiger partial charge in [-0.2, -0.15) is 18.2 Å². The molecule has 2 heterocycles. The minimum Gasteiger partial charge on any atom is -0.377 e. The van der Waals surface area contributed by atoms with E-state index in [4.69, 9.17) is 21.7 Å². The van der Waals surface area contributed by atoms with Gasteiger partial charge in [-0.05, 0) is 36.2 Å². The van der Waals surface area contributed by atoms with Crippen molar-refractivity contribution in [1.29, 1.82) is 5.41 Å². The first-order chi connectivity index (χ1) is 14.7. The SMILES string of the molecule is N=C(c1nonc1CNCC1CCCO1)N(OC(=O)C(F)(F)F)c1ccc(F)c(Cl)c1. The maximum absolute atomic E-state index is 13.5. The maximum Gasteiger partial charge on any atom is 0.493 e. The van der Waals surface area contributed by atoms with Crippen LogP contribution in [-0.2, 0) is 20.9 Å². The van der Waals surface area contributed by atoms with Crippen molar-refractivity contribution in [2.24, 2.45) is 0 Å². The first-order valence-electron chi connectivity index (χ1n) is 8.93. The molecule has 0 spiro atoms. The number of benzene rings is 1. The van der Waals surface area contributed by atoms with Gasteiger partial charge in [0.15, 0.2) is 11.5 Å². The van der Waals surface area contributed by atoms with Crippen LogP contribution in [0, 0.1) is 11.2 Å². The van der Waals surface area contributed by atoms with Crippen molar-refractivity contribution in [3.63, 3.8) is 0 Å². The summed E-state index contributed by atoms with van der Waals surface area (Å²) in [6.45, 7) is 1.18. The van der Waals surface area contributed by atoms with E-state index in [0.717, 1.165) is 31.0 Å². The highest BCUT2D eigenvalue weighted by molar-refractivity contribution is 6.31. The van der Waals surface area contributed by atoms with E-state index in [1.54, 1.807) is 0 Å². The van der Waals surface area contributed by atoms with Crippen LogP contribution in [0.25, 0.3) is 0 Å². The standard InChI is InChI=1S/C17H16ClF4N5O4/c18-11-6-9(3-4-12(11)19)27(30-16(28)17(20,21)22)15(23)14-13(25-31-26-14)8-24-7-10-2-1-5-29-10/h3-4,6,10,23-24H,1-2,5,7-8H2. The number of aromatic nitrogens is 2. The van der Waals surface area contributed by atoms with Gasteiger partial charge in [-0.1, -0.05) is 16.8 Å². The topological polar surface area (TPSA) is 114 Å². The molecule has 1 aliphatic heterocycles. The molecular weight excluding hydrogens is 450 g/mol. The number of halogens is 5. The molecule has 3 rings (SSSR count). The number of hydroxylamine groups is 1. The number of rotatable bonds is 6. The minimum absolute atomic E-state index is 0.00774. The first-order valence-corrected chi connectivity index (χ1v) is 9.31. The zero-order valence-electron chi connectivity index (χ0n) is 15.7. The Labute approximate surface area is 177 Å². The Morgan fingerprint density at radius 3 is 2.81 bits per heavy atom. The van der Waals surface area contributed by atoms with Crippen LogP contribution in [0.5, 0.6) is 0 Å². The molecule has 168 valence electrons. The number of carbonyl (C=O) groups excluding carboxylic acids is 1. The Kier molecular flexibility index (Phi) is 7.08. The largest absolute Gasteiger partial charge is 0.493 e. The molecule has 1 aromatic carbocycles. The number of nitrogens with one attached hydrogen (secondary N) is 2. The van der Waals surface area contributed by atoms with Gasteiger partial charge < -0.3 is 14.9 Å². The molecule has 0 bridgehead atoms. The second kappa shape index (κ2) is 9.58. The predicted octanol–water partition coefficient (Wildman–Crippen LogP) is 2.98. The molecule has 31 heavy (non-hydrogen) atoms. The van der Waals surface area contributed by atoms with Crippen LogP contribution in [0.15, 0.2) is 22.8 Å². The van der Waals surface area contributed by atoms with Crippen LogP contribution in [0.2, 0.25) is 5.02 Å². The van der Waals surface area contributed by atoms with Crippen LogP contribution in [0.3, 0.4) is 0 Å². The molecule has 0 amide bonds. The molecule has 1 aliphatic rings. The zero-order chi connectivity index (χ0) is 22.6. The summed E-state index contributed by atoms with van der Waals surface area (Å²) in [5, 5.41) is 18.2. The molecule has 1 saturated heterocycles. The molecule has 2 N–H and O–H groups in total. The molecule has 1 aromatic heterocycles. The summed E-state index contributed by atoms with van der Waals surface area (Å²) in [5.41, 5.74) is -0.546. The van der Waals surface area contributed by atoms with E-state index >= 15 is 0 Å². The van der Waals surface area contributed by atoms with Crippen molar-refractivity contribution in [3.8, 4) is 0 Å². The number of ether oxygens (including phenoxy) is 1. The summed E-state index contributed by atoms with van der Waals surface area (Å²) in [4.78, 5) is 15.7. The fourth-order valence-corrected chi connectivity index (χ4v) is 2.90. The number of anilines is 1. The van der Waals surface area contributed by atoms with Crippen molar-refractivity contribution in [3.05, 3.63) is 40.4 Å². The van der Waals surface area contributed by atoms with Gasteiger partial charge in [-0.25, -0.2) is 13.8 Å². The number of carbonyl (C=O) groups is 1. The van der Waals surface area contributed by atoms with Gasteiger partial charge in [0.1, 0.15) is 11.5 Å². The van der Waals surface area contributed by atoms with Gasteiger partial charge in [-0.3, -0.25) is 5.41 Å². The van der Waals surface area contributed by atoms with Crippen molar-refractivity contribution < 1.29 is 36.6 Å². The summed E-state index contributed by atoms with van der Waals surface area (Å²) in [7, 11) is 0. The Bertz CT molecular complexity index is 949. The van der Waals surface area contributed by atoms with Gasteiger partial charge >= 0.3 is 12.1 Å². The van der Waals surface area contributed by atoms with E-state index in [-0.39, 0.29) is 34.8 Å². The van der Waals surface area contributed by atoms with E-state index in [9.17, 15) is 22.4 Å². The van der Waals surface area contributed by atoms with Crippen LogP contribution in [0.4, 0.5) is 23.2 Å². The second-order valence-electron chi connectivity index (χ2n) is 6.44. The van der Waals surface area contributed by atoms with E-state index in [2.05, 4.69) is 25.1 Å². The molecule has 1 atom stereocenters. The van der Waals surface area contributed by atoms with Gasteiger partial charge in [0.2, 0.25) is 0 Å². The van der Waals surface area contributed by atoms with E-state index in [1.165, 1.54) is 0 Å². The predicted molar refractivity (Wildman–Crippen MR) is 97.8 cm³/mol. The minimum atomic E-state index is -5.35. The van der Waals surface area contributed by atoms with Crippen LogP contribution in [-0.4, -0.2) is 47.6 Å². The molecule has 0 saturated carbocycles. The van der Waals surface area contributed by atoms with Crippen LogP contribution in [0.1, 0.15) is 24.2 Å².